The molecule has 0 aromatic heterocycles. The van der Waals surface area contributed by atoms with Crippen molar-refractivity contribution in [1.29, 1.82) is 0 Å². The molecule has 1 heteroatoms. The van der Waals surface area contributed by atoms with Gasteiger partial charge in [-0.3, -0.25) is 0 Å². The number of hydrogen-bond acceptors (Lipinski definition) is 1. The minimum Gasteiger partial charge on any atom is -0.380 e. The zero-order chi connectivity index (χ0) is 11.9. The summed E-state index contributed by atoms with van der Waals surface area (Å²) in [6, 6.07) is 21.6. The summed E-state index contributed by atoms with van der Waals surface area (Å²) in [4.78, 5) is 0. The van der Waals surface area contributed by atoms with E-state index in [1.54, 1.807) is 0 Å². The van der Waals surface area contributed by atoms with Crippen LogP contribution in [-0.4, -0.2) is 0 Å². The molecule has 0 spiro atoms. The average Bonchev–Trinajstić information content (AvgIpc) is 2.46. The third-order valence-corrected chi connectivity index (χ3v) is 3.69. The van der Waals surface area contributed by atoms with E-state index in [0.29, 0.717) is 0 Å². The maximum atomic E-state index is 3.56. The third kappa shape index (κ3) is 1.28. The van der Waals surface area contributed by atoms with E-state index < -0.39 is 0 Å². The lowest BCUT2D eigenvalue weighted by atomic mass is 9.92. The molecule has 0 unspecified atom stereocenters. The summed E-state index contributed by atoms with van der Waals surface area (Å²) >= 11 is 0. The Morgan fingerprint density at radius 2 is 1.56 bits per heavy atom. The quantitative estimate of drug-likeness (QED) is 0.603. The molecule has 0 amide bonds. The highest BCUT2D eigenvalue weighted by atomic mass is 14.9. The molecule has 4 rings (SSSR count). The van der Waals surface area contributed by atoms with E-state index in [1.807, 2.05) is 0 Å². The van der Waals surface area contributed by atoms with Crippen LogP contribution in [0.15, 0.2) is 60.7 Å². The van der Waals surface area contributed by atoms with E-state index in [-0.39, 0.29) is 0 Å². The van der Waals surface area contributed by atoms with Gasteiger partial charge in [0, 0.05) is 17.5 Å². The van der Waals surface area contributed by atoms with Gasteiger partial charge in [-0.05, 0) is 16.5 Å². The summed E-state index contributed by atoms with van der Waals surface area (Å²) in [6.07, 6.45) is 0. The van der Waals surface area contributed by atoms with Crippen LogP contribution in [0.1, 0.15) is 5.56 Å². The highest BCUT2D eigenvalue weighted by Crippen LogP contribution is 2.39. The average molecular weight is 231 g/mol. The van der Waals surface area contributed by atoms with Crippen LogP contribution in [0.3, 0.4) is 0 Å². The topological polar surface area (TPSA) is 12.0 Å². The number of anilines is 1. The Morgan fingerprint density at radius 3 is 2.56 bits per heavy atom. The van der Waals surface area contributed by atoms with Gasteiger partial charge in [0.1, 0.15) is 0 Å². The Kier molecular flexibility index (Phi) is 1.95. The summed E-state index contributed by atoms with van der Waals surface area (Å²) in [5.74, 6) is 0. The zero-order valence-electron chi connectivity index (χ0n) is 9.98. The second kappa shape index (κ2) is 3.61. The highest BCUT2D eigenvalue weighted by Gasteiger charge is 2.16. The maximum absolute atomic E-state index is 3.56. The van der Waals surface area contributed by atoms with Crippen molar-refractivity contribution in [2.75, 3.05) is 5.32 Å². The Bertz CT molecular complexity index is 743. The standard InChI is InChI=1S/C17H13N/c1-4-8-15-12(5-1)9-10-16-14-7-3-2-6-13(14)11-18-17(15)16/h1-10,18H,11H2. The Morgan fingerprint density at radius 1 is 0.722 bits per heavy atom. The first kappa shape index (κ1) is 9.72. The van der Waals surface area contributed by atoms with Crippen molar-refractivity contribution >= 4 is 16.5 Å². The van der Waals surface area contributed by atoms with E-state index in [0.717, 1.165) is 6.54 Å². The first-order valence-electron chi connectivity index (χ1n) is 6.27. The summed E-state index contributed by atoms with van der Waals surface area (Å²) < 4.78 is 0. The molecule has 3 aromatic carbocycles. The van der Waals surface area contributed by atoms with Crippen molar-refractivity contribution in [1.82, 2.24) is 0 Å². The van der Waals surface area contributed by atoms with Gasteiger partial charge in [-0.15, -0.1) is 0 Å². The van der Waals surface area contributed by atoms with Gasteiger partial charge in [0.05, 0.1) is 5.69 Å². The van der Waals surface area contributed by atoms with Crippen LogP contribution >= 0.6 is 0 Å². The van der Waals surface area contributed by atoms with Crippen LogP contribution in [-0.2, 0) is 6.54 Å². The Balaban J connectivity index is 2.09. The molecule has 0 bridgehead atoms. The molecule has 0 saturated heterocycles. The molecular weight excluding hydrogens is 218 g/mol. The van der Waals surface area contributed by atoms with Crippen molar-refractivity contribution in [2.24, 2.45) is 0 Å². The molecule has 0 aliphatic carbocycles. The first-order chi connectivity index (χ1) is 8.93. The van der Waals surface area contributed by atoms with Crippen LogP contribution in [0, 0.1) is 0 Å². The predicted molar refractivity (Wildman–Crippen MR) is 76.7 cm³/mol. The Hall–Kier alpha value is -2.28. The van der Waals surface area contributed by atoms with Gasteiger partial charge in [-0.1, -0.05) is 60.7 Å². The van der Waals surface area contributed by atoms with E-state index in [4.69, 9.17) is 0 Å². The van der Waals surface area contributed by atoms with Crippen molar-refractivity contribution in [2.45, 2.75) is 6.54 Å². The molecule has 1 nitrogen and oxygen atoms in total. The fourth-order valence-corrected chi connectivity index (χ4v) is 2.81. The zero-order valence-corrected chi connectivity index (χ0v) is 9.98. The summed E-state index contributed by atoms with van der Waals surface area (Å²) in [5.41, 5.74) is 5.32. The molecule has 0 saturated carbocycles. The van der Waals surface area contributed by atoms with Gasteiger partial charge in [0.25, 0.3) is 0 Å². The molecule has 0 radical (unpaired) electrons. The van der Waals surface area contributed by atoms with Crippen molar-refractivity contribution in [3.05, 3.63) is 66.2 Å². The fraction of sp³-hybridized carbons (Fsp3) is 0.0588. The molecule has 0 atom stereocenters. The van der Waals surface area contributed by atoms with Crippen LogP contribution in [0.25, 0.3) is 21.9 Å². The first-order valence-corrected chi connectivity index (χ1v) is 6.27. The van der Waals surface area contributed by atoms with E-state index in [9.17, 15) is 0 Å². The normalized spacial score (nSPS) is 12.7. The van der Waals surface area contributed by atoms with Crippen LogP contribution in [0.5, 0.6) is 0 Å². The molecule has 1 N–H and O–H groups in total. The van der Waals surface area contributed by atoms with Gasteiger partial charge >= 0.3 is 0 Å². The number of hydrogen-bond donors (Lipinski definition) is 1. The van der Waals surface area contributed by atoms with Crippen LogP contribution in [0.2, 0.25) is 0 Å². The van der Waals surface area contributed by atoms with E-state index >= 15 is 0 Å². The molecular formula is C17H13N. The smallest absolute Gasteiger partial charge is 0.0502 e. The molecule has 1 aliphatic heterocycles. The Labute approximate surface area is 106 Å². The summed E-state index contributed by atoms with van der Waals surface area (Å²) in [6.45, 7) is 0.914. The lowest BCUT2D eigenvalue weighted by molar-refractivity contribution is 1.13. The minimum absolute atomic E-state index is 0.914. The number of fused-ring (bicyclic) bond motifs is 5. The SMILES string of the molecule is c1ccc2c(c1)CNc1c-2ccc2ccccc12. The van der Waals surface area contributed by atoms with Gasteiger partial charge in [-0.2, -0.15) is 0 Å². The largest absolute Gasteiger partial charge is 0.380 e. The molecule has 86 valence electrons. The second-order valence-electron chi connectivity index (χ2n) is 4.72. The molecule has 3 aromatic rings. The number of nitrogens with one attached hydrogen (secondary N) is 1. The summed E-state index contributed by atoms with van der Waals surface area (Å²) in [5, 5.41) is 6.17. The van der Waals surface area contributed by atoms with Gasteiger partial charge in [0.2, 0.25) is 0 Å². The highest BCUT2D eigenvalue weighted by molar-refractivity contribution is 6.03. The van der Waals surface area contributed by atoms with Gasteiger partial charge in [-0.25, -0.2) is 0 Å². The molecule has 18 heavy (non-hydrogen) atoms. The summed E-state index contributed by atoms with van der Waals surface area (Å²) in [7, 11) is 0. The molecule has 1 heterocycles. The minimum atomic E-state index is 0.914. The van der Waals surface area contributed by atoms with Gasteiger partial charge < -0.3 is 5.32 Å². The number of rotatable bonds is 0. The number of benzene rings is 3. The fourth-order valence-electron chi connectivity index (χ4n) is 2.81. The lowest BCUT2D eigenvalue weighted by Gasteiger charge is -2.23. The van der Waals surface area contributed by atoms with Gasteiger partial charge in [0.15, 0.2) is 0 Å². The third-order valence-electron chi connectivity index (χ3n) is 3.69. The monoisotopic (exact) mass is 231 g/mol. The maximum Gasteiger partial charge on any atom is 0.0502 e. The van der Waals surface area contributed by atoms with E-state index in [2.05, 4.69) is 66.0 Å². The second-order valence-corrected chi connectivity index (χ2v) is 4.72. The van der Waals surface area contributed by atoms with Crippen molar-refractivity contribution < 1.29 is 0 Å². The molecule has 1 aliphatic rings. The van der Waals surface area contributed by atoms with Crippen LogP contribution in [0.4, 0.5) is 5.69 Å². The predicted octanol–water partition coefficient (Wildman–Crippen LogP) is 4.43. The lowest BCUT2D eigenvalue weighted by Crippen LogP contribution is -2.08. The molecule has 0 fully saturated rings. The van der Waals surface area contributed by atoms with E-state index in [1.165, 1.54) is 33.2 Å². The van der Waals surface area contributed by atoms with Crippen molar-refractivity contribution in [3.8, 4) is 11.1 Å². The van der Waals surface area contributed by atoms with Crippen LogP contribution < -0.4 is 5.32 Å². The van der Waals surface area contributed by atoms with Crippen molar-refractivity contribution in [3.63, 3.8) is 0 Å².